The third kappa shape index (κ3) is 3.18. The SMILES string of the molecule is O=C(CCCl)N1CCN(C(=O)CC23CC4CC(CC(C4)C2)C3)CC1. The Morgan fingerprint density at radius 1 is 0.833 bits per heavy atom. The van der Waals surface area contributed by atoms with Gasteiger partial charge in [0.15, 0.2) is 0 Å². The largest absolute Gasteiger partial charge is 0.339 e. The second-order valence-corrected chi connectivity index (χ2v) is 9.17. The van der Waals surface area contributed by atoms with Crippen molar-refractivity contribution in [3.05, 3.63) is 0 Å². The van der Waals surface area contributed by atoms with Crippen LogP contribution in [0.1, 0.15) is 51.4 Å². The number of halogens is 1. The predicted molar refractivity (Wildman–Crippen MR) is 93.7 cm³/mol. The van der Waals surface area contributed by atoms with Gasteiger partial charge in [0.25, 0.3) is 0 Å². The second-order valence-electron chi connectivity index (χ2n) is 8.79. The molecule has 0 aromatic heterocycles. The molecule has 0 aromatic carbocycles. The van der Waals surface area contributed by atoms with Crippen LogP contribution in [0, 0.1) is 23.2 Å². The van der Waals surface area contributed by atoms with Gasteiger partial charge in [-0.25, -0.2) is 0 Å². The molecule has 5 aliphatic rings. The molecule has 0 unspecified atom stereocenters. The van der Waals surface area contributed by atoms with Gasteiger partial charge in [0, 0.05) is 44.9 Å². The highest BCUT2D eigenvalue weighted by molar-refractivity contribution is 6.18. The monoisotopic (exact) mass is 352 g/mol. The van der Waals surface area contributed by atoms with Gasteiger partial charge in [-0.2, -0.15) is 0 Å². The number of nitrogens with zero attached hydrogens (tertiary/aromatic N) is 2. The minimum atomic E-state index is 0.123. The summed E-state index contributed by atoms with van der Waals surface area (Å²) in [6.07, 6.45) is 9.31. The first-order chi connectivity index (χ1) is 11.6. The second kappa shape index (κ2) is 6.51. The van der Waals surface area contributed by atoms with Gasteiger partial charge in [0.05, 0.1) is 0 Å². The van der Waals surface area contributed by atoms with Crippen LogP contribution < -0.4 is 0 Å². The molecular formula is C19H29ClN2O2. The van der Waals surface area contributed by atoms with Crippen LogP contribution in [0.2, 0.25) is 0 Å². The highest BCUT2D eigenvalue weighted by Crippen LogP contribution is 2.61. The number of alkyl halides is 1. The highest BCUT2D eigenvalue weighted by atomic mass is 35.5. The van der Waals surface area contributed by atoms with E-state index in [9.17, 15) is 9.59 Å². The van der Waals surface area contributed by atoms with Gasteiger partial charge in [-0.1, -0.05) is 0 Å². The molecule has 4 saturated carbocycles. The molecular weight excluding hydrogens is 324 g/mol. The zero-order valence-corrected chi connectivity index (χ0v) is 15.3. The van der Waals surface area contributed by atoms with Crippen molar-refractivity contribution in [1.82, 2.24) is 9.80 Å². The maximum absolute atomic E-state index is 12.9. The Morgan fingerprint density at radius 2 is 1.29 bits per heavy atom. The summed E-state index contributed by atoms with van der Waals surface area (Å²) in [5, 5.41) is 0. The molecule has 5 heteroatoms. The van der Waals surface area contributed by atoms with Crippen molar-refractivity contribution in [2.75, 3.05) is 32.1 Å². The smallest absolute Gasteiger partial charge is 0.223 e. The van der Waals surface area contributed by atoms with E-state index < -0.39 is 0 Å². The van der Waals surface area contributed by atoms with Gasteiger partial charge < -0.3 is 9.80 Å². The highest BCUT2D eigenvalue weighted by Gasteiger charge is 2.51. The Bertz CT molecular complexity index is 478. The van der Waals surface area contributed by atoms with Crippen LogP contribution in [0.4, 0.5) is 0 Å². The minimum Gasteiger partial charge on any atom is -0.339 e. The lowest BCUT2D eigenvalue weighted by atomic mass is 9.49. The first kappa shape index (κ1) is 16.7. The van der Waals surface area contributed by atoms with E-state index in [1.165, 1.54) is 38.5 Å². The average molecular weight is 353 g/mol. The Hall–Kier alpha value is -0.770. The number of hydrogen-bond donors (Lipinski definition) is 0. The van der Waals surface area contributed by atoms with E-state index in [2.05, 4.69) is 0 Å². The first-order valence-corrected chi connectivity index (χ1v) is 10.2. The Balaban J connectivity index is 1.32. The molecule has 1 saturated heterocycles. The van der Waals surface area contributed by atoms with Crippen molar-refractivity contribution < 1.29 is 9.59 Å². The lowest BCUT2D eigenvalue weighted by Crippen LogP contribution is -2.53. The number of hydrogen-bond acceptors (Lipinski definition) is 2. The molecule has 0 radical (unpaired) electrons. The maximum atomic E-state index is 12.9. The standard InChI is InChI=1S/C19H29ClN2O2/c20-2-1-17(23)21-3-5-22(6-4-21)18(24)13-19-10-14-7-15(11-19)9-16(8-14)12-19/h14-16H,1-13H2. The molecule has 134 valence electrons. The molecule has 5 fully saturated rings. The van der Waals surface area contributed by atoms with Crippen molar-refractivity contribution in [3.8, 4) is 0 Å². The molecule has 0 atom stereocenters. The minimum absolute atomic E-state index is 0.123. The lowest BCUT2D eigenvalue weighted by Gasteiger charge is -2.57. The molecule has 0 spiro atoms. The van der Waals surface area contributed by atoms with Gasteiger partial charge in [0.2, 0.25) is 11.8 Å². The molecule has 1 aliphatic heterocycles. The third-order valence-electron chi connectivity index (χ3n) is 6.98. The zero-order chi connectivity index (χ0) is 16.7. The number of amides is 2. The lowest BCUT2D eigenvalue weighted by molar-refractivity contribution is -0.144. The van der Waals surface area contributed by atoms with Crippen LogP contribution >= 0.6 is 11.6 Å². The van der Waals surface area contributed by atoms with Crippen molar-refractivity contribution in [3.63, 3.8) is 0 Å². The van der Waals surface area contributed by atoms with Crippen LogP contribution in [-0.2, 0) is 9.59 Å². The van der Waals surface area contributed by atoms with E-state index in [0.717, 1.165) is 24.2 Å². The predicted octanol–water partition coefficient (Wildman–Crippen LogP) is 2.89. The van der Waals surface area contributed by atoms with Crippen LogP contribution in [0.3, 0.4) is 0 Å². The average Bonchev–Trinajstić information content (AvgIpc) is 2.53. The summed E-state index contributed by atoms with van der Waals surface area (Å²) >= 11 is 5.66. The summed E-state index contributed by atoms with van der Waals surface area (Å²) in [6, 6.07) is 0. The van der Waals surface area contributed by atoms with Gasteiger partial charge in [-0.15, -0.1) is 11.6 Å². The quantitative estimate of drug-likeness (QED) is 0.730. The van der Waals surface area contributed by atoms with E-state index in [1.807, 2.05) is 9.80 Å². The molecule has 0 N–H and O–H groups in total. The number of rotatable bonds is 4. The number of carbonyl (C=O) groups is 2. The van der Waals surface area contributed by atoms with Crippen LogP contribution in [-0.4, -0.2) is 53.7 Å². The van der Waals surface area contributed by atoms with E-state index in [-0.39, 0.29) is 5.91 Å². The Kier molecular flexibility index (Phi) is 4.53. The molecule has 24 heavy (non-hydrogen) atoms. The van der Waals surface area contributed by atoms with Gasteiger partial charge in [0.1, 0.15) is 0 Å². The summed E-state index contributed by atoms with van der Waals surface area (Å²) in [7, 11) is 0. The Labute approximate surface area is 149 Å². The summed E-state index contributed by atoms with van der Waals surface area (Å²) < 4.78 is 0. The van der Waals surface area contributed by atoms with E-state index in [1.54, 1.807) is 0 Å². The molecule has 2 amide bonds. The van der Waals surface area contributed by atoms with E-state index >= 15 is 0 Å². The molecule has 5 rings (SSSR count). The first-order valence-electron chi connectivity index (χ1n) is 9.68. The normalized spacial score (nSPS) is 37.8. The summed E-state index contributed by atoms with van der Waals surface area (Å²) in [5.41, 5.74) is 0.317. The fourth-order valence-electron chi connectivity index (χ4n) is 6.38. The Morgan fingerprint density at radius 3 is 1.75 bits per heavy atom. The van der Waals surface area contributed by atoms with Crippen LogP contribution in [0.5, 0.6) is 0 Å². The third-order valence-corrected chi connectivity index (χ3v) is 7.17. The van der Waals surface area contributed by atoms with Crippen LogP contribution in [0.25, 0.3) is 0 Å². The maximum Gasteiger partial charge on any atom is 0.223 e. The molecule has 4 nitrogen and oxygen atoms in total. The topological polar surface area (TPSA) is 40.6 Å². The fraction of sp³-hybridized carbons (Fsp3) is 0.895. The summed E-state index contributed by atoms with van der Waals surface area (Å²) in [5.74, 6) is 3.53. The van der Waals surface area contributed by atoms with Crippen LogP contribution in [0.15, 0.2) is 0 Å². The number of piperazine rings is 1. The van der Waals surface area contributed by atoms with E-state index in [0.29, 0.717) is 49.8 Å². The summed E-state index contributed by atoms with van der Waals surface area (Å²) in [6.45, 7) is 2.73. The van der Waals surface area contributed by atoms with E-state index in [4.69, 9.17) is 11.6 Å². The van der Waals surface area contributed by atoms with Crippen molar-refractivity contribution in [1.29, 1.82) is 0 Å². The van der Waals surface area contributed by atoms with Gasteiger partial charge >= 0.3 is 0 Å². The van der Waals surface area contributed by atoms with Crippen molar-refractivity contribution in [2.24, 2.45) is 23.2 Å². The zero-order valence-electron chi connectivity index (χ0n) is 14.5. The van der Waals surface area contributed by atoms with Gasteiger partial charge in [-0.05, 0) is 61.7 Å². The fourth-order valence-corrected chi connectivity index (χ4v) is 6.54. The molecule has 4 bridgehead atoms. The van der Waals surface area contributed by atoms with Gasteiger partial charge in [-0.3, -0.25) is 9.59 Å². The molecule has 1 heterocycles. The summed E-state index contributed by atoms with van der Waals surface area (Å²) in [4.78, 5) is 28.7. The molecule has 4 aliphatic carbocycles. The number of carbonyl (C=O) groups excluding carboxylic acids is 2. The molecule has 0 aromatic rings. The van der Waals surface area contributed by atoms with Crippen molar-refractivity contribution in [2.45, 2.75) is 51.4 Å². The van der Waals surface area contributed by atoms with Crippen molar-refractivity contribution >= 4 is 23.4 Å².